The first-order valence-corrected chi connectivity index (χ1v) is 5.78. The van der Waals surface area contributed by atoms with Crippen molar-refractivity contribution in [1.82, 2.24) is 4.98 Å². The van der Waals surface area contributed by atoms with Gasteiger partial charge in [0.15, 0.2) is 5.69 Å². The van der Waals surface area contributed by atoms with Crippen LogP contribution in [-0.2, 0) is 0 Å². The van der Waals surface area contributed by atoms with E-state index in [0.29, 0.717) is 10.9 Å². The maximum atomic E-state index is 13.1. The first kappa shape index (κ1) is 14.1. The Bertz CT molecular complexity index is 647. The molecule has 1 aromatic carbocycles. The zero-order chi connectivity index (χ0) is 14.8. The SMILES string of the molecule is O=C(O)c1cc(NCC(F)(F)CO)c2ccccc2n1. The topological polar surface area (TPSA) is 82.5 Å². The van der Waals surface area contributed by atoms with Gasteiger partial charge in [-0.15, -0.1) is 0 Å². The van der Waals surface area contributed by atoms with Gasteiger partial charge in [0.1, 0.15) is 6.61 Å². The Morgan fingerprint density at radius 3 is 2.70 bits per heavy atom. The Kier molecular flexibility index (Phi) is 3.80. The van der Waals surface area contributed by atoms with Crippen LogP contribution in [0.4, 0.5) is 14.5 Å². The number of para-hydroxylation sites is 1. The van der Waals surface area contributed by atoms with Gasteiger partial charge in [0.25, 0.3) is 5.92 Å². The smallest absolute Gasteiger partial charge is 0.354 e. The minimum Gasteiger partial charge on any atom is -0.477 e. The van der Waals surface area contributed by atoms with Crippen LogP contribution in [0.1, 0.15) is 10.5 Å². The largest absolute Gasteiger partial charge is 0.477 e. The number of carboxylic acids is 1. The van der Waals surface area contributed by atoms with Crippen molar-refractivity contribution in [2.24, 2.45) is 0 Å². The third-order valence-electron chi connectivity index (χ3n) is 2.70. The van der Waals surface area contributed by atoms with Crippen LogP contribution in [0.2, 0.25) is 0 Å². The van der Waals surface area contributed by atoms with Gasteiger partial charge in [0, 0.05) is 11.1 Å². The fraction of sp³-hybridized carbons (Fsp3) is 0.231. The van der Waals surface area contributed by atoms with E-state index in [9.17, 15) is 13.6 Å². The fourth-order valence-electron chi connectivity index (χ4n) is 1.71. The summed E-state index contributed by atoms with van der Waals surface area (Å²) < 4.78 is 26.1. The zero-order valence-electron chi connectivity index (χ0n) is 10.3. The lowest BCUT2D eigenvalue weighted by Crippen LogP contribution is -2.31. The highest BCUT2D eigenvalue weighted by Crippen LogP contribution is 2.24. The summed E-state index contributed by atoms with van der Waals surface area (Å²) in [5.74, 6) is -4.53. The van der Waals surface area contributed by atoms with Gasteiger partial charge in [0.2, 0.25) is 0 Å². The minimum atomic E-state index is -3.28. The number of rotatable bonds is 5. The van der Waals surface area contributed by atoms with E-state index in [1.165, 1.54) is 6.07 Å². The summed E-state index contributed by atoms with van der Waals surface area (Å²) in [7, 11) is 0. The summed E-state index contributed by atoms with van der Waals surface area (Å²) in [6.07, 6.45) is 0. The predicted molar refractivity (Wildman–Crippen MR) is 69.2 cm³/mol. The van der Waals surface area contributed by atoms with Crippen LogP contribution in [0, 0.1) is 0 Å². The average molecular weight is 282 g/mol. The average Bonchev–Trinajstić information content (AvgIpc) is 2.44. The number of aromatic nitrogens is 1. The fourth-order valence-corrected chi connectivity index (χ4v) is 1.71. The summed E-state index contributed by atoms with van der Waals surface area (Å²) in [5, 5.41) is 20.5. The number of anilines is 1. The molecule has 0 atom stereocenters. The van der Waals surface area contributed by atoms with Crippen LogP contribution < -0.4 is 5.32 Å². The van der Waals surface area contributed by atoms with Crippen molar-refractivity contribution in [3.8, 4) is 0 Å². The lowest BCUT2D eigenvalue weighted by atomic mass is 10.1. The number of aromatic carboxylic acids is 1. The molecule has 0 aliphatic carbocycles. The van der Waals surface area contributed by atoms with Crippen molar-refractivity contribution < 1.29 is 23.8 Å². The molecule has 3 N–H and O–H groups in total. The summed E-state index contributed by atoms with van der Waals surface area (Å²) in [6.45, 7) is -2.08. The normalized spacial score (nSPS) is 11.6. The molecule has 0 fully saturated rings. The molecule has 1 aromatic heterocycles. The standard InChI is InChI=1S/C13H12F2N2O3/c14-13(15,7-18)6-16-10-5-11(12(19)20)17-9-4-2-1-3-8(9)10/h1-5,18H,6-7H2,(H,16,17)(H,19,20). The number of nitrogens with zero attached hydrogens (tertiary/aromatic N) is 1. The Balaban J connectivity index is 2.42. The Morgan fingerprint density at radius 2 is 2.05 bits per heavy atom. The van der Waals surface area contributed by atoms with Gasteiger partial charge in [-0.1, -0.05) is 18.2 Å². The van der Waals surface area contributed by atoms with E-state index in [0.717, 1.165) is 0 Å². The van der Waals surface area contributed by atoms with Crippen molar-refractivity contribution in [2.75, 3.05) is 18.5 Å². The molecule has 2 rings (SSSR count). The molecule has 0 radical (unpaired) electrons. The summed E-state index contributed by atoms with van der Waals surface area (Å²) in [6, 6.07) is 7.80. The molecule has 0 amide bonds. The second-order valence-electron chi connectivity index (χ2n) is 4.24. The van der Waals surface area contributed by atoms with Crippen LogP contribution >= 0.6 is 0 Å². The van der Waals surface area contributed by atoms with Gasteiger partial charge in [-0.25, -0.2) is 18.6 Å². The molecule has 106 valence electrons. The maximum absolute atomic E-state index is 13.1. The van der Waals surface area contributed by atoms with Gasteiger partial charge >= 0.3 is 5.97 Å². The molecule has 20 heavy (non-hydrogen) atoms. The number of hydrogen-bond acceptors (Lipinski definition) is 4. The molecular weight excluding hydrogens is 270 g/mol. The van der Waals surface area contributed by atoms with Crippen molar-refractivity contribution in [3.63, 3.8) is 0 Å². The van der Waals surface area contributed by atoms with E-state index in [1.54, 1.807) is 24.3 Å². The molecular formula is C13H12F2N2O3. The number of fused-ring (bicyclic) bond motifs is 1. The zero-order valence-corrected chi connectivity index (χ0v) is 10.3. The number of nitrogens with one attached hydrogen (secondary N) is 1. The second kappa shape index (κ2) is 5.38. The number of carboxylic acid groups (broad SMARTS) is 1. The lowest BCUT2D eigenvalue weighted by molar-refractivity contribution is -0.0372. The number of halogens is 2. The number of hydrogen-bond donors (Lipinski definition) is 3. The lowest BCUT2D eigenvalue weighted by Gasteiger charge is -2.16. The van der Waals surface area contributed by atoms with E-state index in [-0.39, 0.29) is 11.4 Å². The Hall–Kier alpha value is -2.28. The first-order valence-electron chi connectivity index (χ1n) is 5.78. The molecule has 0 saturated heterocycles. The molecule has 0 saturated carbocycles. The van der Waals surface area contributed by atoms with Crippen molar-refractivity contribution >= 4 is 22.6 Å². The van der Waals surface area contributed by atoms with Gasteiger partial charge in [-0.05, 0) is 12.1 Å². The molecule has 0 aliphatic rings. The molecule has 0 aliphatic heterocycles. The number of carbonyl (C=O) groups is 1. The minimum absolute atomic E-state index is 0.237. The van der Waals surface area contributed by atoms with Crippen molar-refractivity contribution in [1.29, 1.82) is 0 Å². The van der Waals surface area contributed by atoms with Crippen molar-refractivity contribution in [3.05, 3.63) is 36.0 Å². The van der Waals surface area contributed by atoms with E-state index in [4.69, 9.17) is 10.2 Å². The monoisotopic (exact) mass is 282 g/mol. The van der Waals surface area contributed by atoms with Crippen LogP contribution in [-0.4, -0.2) is 40.2 Å². The quantitative estimate of drug-likeness (QED) is 0.781. The number of pyridine rings is 1. The van der Waals surface area contributed by atoms with Crippen LogP contribution in [0.3, 0.4) is 0 Å². The van der Waals surface area contributed by atoms with E-state index >= 15 is 0 Å². The second-order valence-corrected chi connectivity index (χ2v) is 4.24. The highest BCUT2D eigenvalue weighted by Gasteiger charge is 2.27. The van der Waals surface area contributed by atoms with Crippen LogP contribution in [0.5, 0.6) is 0 Å². The summed E-state index contributed by atoms with van der Waals surface area (Å²) in [4.78, 5) is 14.9. The Labute approximate surface area is 112 Å². The molecule has 7 heteroatoms. The van der Waals surface area contributed by atoms with Gasteiger partial charge in [-0.3, -0.25) is 0 Å². The first-order chi connectivity index (χ1) is 9.43. The van der Waals surface area contributed by atoms with Gasteiger partial charge < -0.3 is 15.5 Å². The van der Waals surface area contributed by atoms with Gasteiger partial charge in [0.05, 0.1) is 12.1 Å². The Morgan fingerprint density at radius 1 is 1.35 bits per heavy atom. The number of benzene rings is 1. The molecule has 0 spiro atoms. The summed E-state index contributed by atoms with van der Waals surface area (Å²) in [5.41, 5.74) is 0.391. The van der Waals surface area contributed by atoms with E-state index in [1.807, 2.05) is 0 Å². The van der Waals surface area contributed by atoms with E-state index < -0.39 is 25.0 Å². The molecule has 5 nitrogen and oxygen atoms in total. The molecule has 1 heterocycles. The third-order valence-corrected chi connectivity index (χ3v) is 2.70. The maximum Gasteiger partial charge on any atom is 0.354 e. The van der Waals surface area contributed by atoms with Crippen molar-refractivity contribution in [2.45, 2.75) is 5.92 Å². The molecule has 0 unspecified atom stereocenters. The predicted octanol–water partition coefficient (Wildman–Crippen LogP) is 1.97. The van der Waals surface area contributed by atoms with Gasteiger partial charge in [-0.2, -0.15) is 0 Å². The molecule has 0 bridgehead atoms. The number of aliphatic hydroxyl groups is 1. The van der Waals surface area contributed by atoms with Crippen LogP contribution in [0.15, 0.2) is 30.3 Å². The highest BCUT2D eigenvalue weighted by molar-refractivity contribution is 5.97. The third kappa shape index (κ3) is 3.00. The van der Waals surface area contributed by atoms with E-state index in [2.05, 4.69) is 10.3 Å². The number of alkyl halides is 2. The van der Waals surface area contributed by atoms with Crippen LogP contribution in [0.25, 0.3) is 10.9 Å². The number of aliphatic hydroxyl groups excluding tert-OH is 1. The summed E-state index contributed by atoms with van der Waals surface area (Å²) >= 11 is 0. The molecule has 2 aromatic rings. The highest BCUT2D eigenvalue weighted by atomic mass is 19.3.